The molecule has 0 aliphatic carbocycles. The molecule has 2 aromatic carbocycles. The van der Waals surface area contributed by atoms with Gasteiger partial charge in [0.05, 0.1) is 31.7 Å². The van der Waals surface area contributed by atoms with E-state index in [1.807, 2.05) is 0 Å². The van der Waals surface area contributed by atoms with E-state index in [9.17, 15) is 22.8 Å². The molecule has 0 aliphatic rings. The number of anilines is 1. The molecule has 0 saturated heterocycles. The first-order valence-corrected chi connectivity index (χ1v) is 7.58. The van der Waals surface area contributed by atoms with Gasteiger partial charge in [0.2, 0.25) is 0 Å². The van der Waals surface area contributed by atoms with Crippen molar-refractivity contribution in [1.82, 2.24) is 0 Å². The highest BCUT2D eigenvalue weighted by Crippen LogP contribution is 2.27. The Bertz CT molecular complexity index is 944. The molecule has 0 radical (unpaired) electrons. The summed E-state index contributed by atoms with van der Waals surface area (Å²) in [6.45, 7) is 0. The third-order valence-electron chi connectivity index (χ3n) is 3.29. The molecular weight excluding hydrogens is 399 g/mol. The van der Waals surface area contributed by atoms with Gasteiger partial charge in [-0.1, -0.05) is 12.1 Å². The van der Waals surface area contributed by atoms with Gasteiger partial charge in [-0.3, -0.25) is 5.32 Å². The first kappa shape index (κ1) is 23.2. The number of ether oxygens (including phenoxy) is 2. The van der Waals surface area contributed by atoms with Crippen LogP contribution in [0.1, 0.15) is 15.9 Å². The summed E-state index contributed by atoms with van der Waals surface area (Å²) in [6, 6.07) is 8.57. The second-order valence-corrected chi connectivity index (χ2v) is 5.19. The minimum Gasteiger partial charge on any atom is -0.475 e. The molecule has 9 nitrogen and oxygen atoms in total. The number of rotatable bonds is 3. The van der Waals surface area contributed by atoms with Gasteiger partial charge in [0.15, 0.2) is 0 Å². The Labute approximate surface area is 161 Å². The molecule has 156 valence electrons. The van der Waals surface area contributed by atoms with Gasteiger partial charge in [0, 0.05) is 5.39 Å². The third-order valence-corrected chi connectivity index (χ3v) is 3.29. The van der Waals surface area contributed by atoms with E-state index in [0.29, 0.717) is 11.3 Å². The lowest BCUT2D eigenvalue weighted by Crippen LogP contribution is -2.21. The number of hydrazone groups is 1. The number of benzene rings is 2. The van der Waals surface area contributed by atoms with Crippen molar-refractivity contribution in [3.05, 3.63) is 41.5 Å². The number of carbonyl (C=O) groups excluding carboxylic acids is 2. The summed E-state index contributed by atoms with van der Waals surface area (Å²) in [5.74, 6) is 1.89. The Morgan fingerprint density at radius 2 is 1.76 bits per heavy atom. The number of nitrogens with zero attached hydrogens (tertiary/aromatic N) is 1. The maximum atomic E-state index is 11.7. The van der Waals surface area contributed by atoms with Crippen LogP contribution in [0.15, 0.2) is 35.4 Å². The number of aliphatic carboxylic acids is 1. The van der Waals surface area contributed by atoms with Crippen LogP contribution in [0.5, 0.6) is 0 Å². The number of nitrogens with two attached hydrogens (primary N) is 1. The van der Waals surface area contributed by atoms with Crippen LogP contribution < -0.4 is 11.2 Å². The Hall–Kier alpha value is -3.83. The molecule has 0 aliphatic heterocycles. The molecule has 2 rings (SSSR count). The van der Waals surface area contributed by atoms with Gasteiger partial charge in [-0.15, -0.1) is 0 Å². The lowest BCUT2D eigenvalue weighted by Gasteiger charge is -2.11. The van der Waals surface area contributed by atoms with Crippen molar-refractivity contribution in [3.63, 3.8) is 0 Å². The first-order chi connectivity index (χ1) is 13.5. The highest BCUT2D eigenvalue weighted by molar-refractivity contribution is 6.06. The van der Waals surface area contributed by atoms with Crippen LogP contribution in [0.3, 0.4) is 0 Å². The van der Waals surface area contributed by atoms with E-state index in [1.165, 1.54) is 26.5 Å². The zero-order valence-corrected chi connectivity index (χ0v) is 15.1. The SMILES string of the molecule is COC(=O)Nc1cc(C(=O)OC)cc2ccc(C=NN)cc12.O=C(O)C(F)(F)F. The minimum absolute atomic E-state index is 0.321. The number of amides is 1. The molecule has 29 heavy (non-hydrogen) atoms. The largest absolute Gasteiger partial charge is 0.490 e. The predicted molar refractivity (Wildman–Crippen MR) is 96.8 cm³/mol. The number of hydrogen-bond acceptors (Lipinski definition) is 7. The van der Waals surface area contributed by atoms with Gasteiger partial charge < -0.3 is 20.4 Å². The van der Waals surface area contributed by atoms with E-state index in [4.69, 9.17) is 20.5 Å². The molecule has 0 fully saturated rings. The molecule has 0 spiro atoms. The van der Waals surface area contributed by atoms with E-state index < -0.39 is 24.2 Å². The molecule has 1 amide bonds. The Kier molecular flexibility index (Phi) is 7.94. The molecule has 2 aromatic rings. The van der Waals surface area contributed by atoms with E-state index in [-0.39, 0.29) is 0 Å². The van der Waals surface area contributed by atoms with Gasteiger partial charge in [0.1, 0.15) is 0 Å². The average Bonchev–Trinajstić information content (AvgIpc) is 2.67. The lowest BCUT2D eigenvalue weighted by molar-refractivity contribution is -0.192. The quantitative estimate of drug-likeness (QED) is 0.303. The maximum absolute atomic E-state index is 11.7. The van der Waals surface area contributed by atoms with Gasteiger partial charge in [-0.25, -0.2) is 14.4 Å². The second kappa shape index (κ2) is 9.92. The van der Waals surface area contributed by atoms with Gasteiger partial charge in [-0.2, -0.15) is 18.3 Å². The smallest absolute Gasteiger partial charge is 0.475 e. The van der Waals surface area contributed by atoms with Gasteiger partial charge >= 0.3 is 24.2 Å². The van der Waals surface area contributed by atoms with Crippen LogP contribution in [0.2, 0.25) is 0 Å². The number of hydrogen-bond donors (Lipinski definition) is 3. The van der Waals surface area contributed by atoms with E-state index in [2.05, 4.69) is 15.2 Å². The number of halogens is 3. The predicted octanol–water partition coefficient (Wildman–Crippen LogP) is 2.73. The molecular formula is C17H16F3N3O6. The lowest BCUT2D eigenvalue weighted by atomic mass is 10.0. The molecule has 0 atom stereocenters. The Morgan fingerprint density at radius 1 is 1.14 bits per heavy atom. The summed E-state index contributed by atoms with van der Waals surface area (Å²) in [6.07, 6.45) is -4.24. The van der Waals surface area contributed by atoms with E-state index in [1.54, 1.807) is 24.3 Å². The molecule has 0 heterocycles. The molecule has 0 aromatic heterocycles. The van der Waals surface area contributed by atoms with Crippen LogP contribution in [-0.2, 0) is 14.3 Å². The summed E-state index contributed by atoms with van der Waals surface area (Å²) in [5.41, 5.74) is 1.51. The summed E-state index contributed by atoms with van der Waals surface area (Å²) in [7, 11) is 2.55. The number of nitrogens with one attached hydrogen (secondary N) is 1. The molecule has 0 saturated carbocycles. The highest BCUT2D eigenvalue weighted by atomic mass is 19.4. The number of alkyl halides is 3. The Morgan fingerprint density at radius 3 is 2.24 bits per heavy atom. The van der Waals surface area contributed by atoms with Crippen molar-refractivity contribution in [2.45, 2.75) is 6.18 Å². The summed E-state index contributed by atoms with van der Waals surface area (Å²) in [4.78, 5) is 32.1. The van der Waals surface area contributed by atoms with Crippen LogP contribution in [-0.4, -0.2) is 49.7 Å². The van der Waals surface area contributed by atoms with Crippen molar-refractivity contribution in [1.29, 1.82) is 0 Å². The van der Waals surface area contributed by atoms with Crippen molar-refractivity contribution in [2.24, 2.45) is 10.9 Å². The number of carboxylic acids is 1. The van der Waals surface area contributed by atoms with Gasteiger partial charge in [-0.05, 0) is 29.1 Å². The Balaban J connectivity index is 0.000000516. The first-order valence-electron chi connectivity index (χ1n) is 7.58. The molecule has 0 unspecified atom stereocenters. The number of methoxy groups -OCH3 is 2. The average molecular weight is 415 g/mol. The molecule has 4 N–H and O–H groups in total. The fraction of sp³-hybridized carbons (Fsp3) is 0.176. The van der Waals surface area contributed by atoms with Crippen LogP contribution in [0, 0.1) is 0 Å². The molecule has 12 heteroatoms. The standard InChI is InChI=1S/C15H15N3O4.C2HF3O2/c1-21-14(19)11-6-10-4-3-9(8-17-16)5-12(10)13(7-11)18-15(20)22-2;3-2(4,5)1(6)7/h3-8H,16H2,1-2H3,(H,18,20);(H,6,7). The van der Waals surface area contributed by atoms with Crippen molar-refractivity contribution < 1.29 is 42.1 Å². The van der Waals surface area contributed by atoms with Crippen molar-refractivity contribution >= 4 is 40.7 Å². The van der Waals surface area contributed by atoms with E-state index in [0.717, 1.165) is 16.3 Å². The van der Waals surface area contributed by atoms with Crippen LogP contribution in [0.4, 0.5) is 23.7 Å². The van der Waals surface area contributed by atoms with Crippen LogP contribution >= 0.6 is 0 Å². The maximum Gasteiger partial charge on any atom is 0.490 e. The monoisotopic (exact) mass is 415 g/mol. The normalized spacial score (nSPS) is 10.8. The van der Waals surface area contributed by atoms with Crippen LogP contribution in [0.25, 0.3) is 10.8 Å². The minimum atomic E-state index is -5.08. The molecule has 0 bridgehead atoms. The fourth-order valence-electron chi connectivity index (χ4n) is 2.04. The number of esters is 1. The number of carbonyl (C=O) groups is 3. The number of carboxylic acid groups (broad SMARTS) is 1. The summed E-state index contributed by atoms with van der Waals surface area (Å²) < 4.78 is 41.0. The zero-order valence-electron chi connectivity index (χ0n) is 15.1. The van der Waals surface area contributed by atoms with E-state index >= 15 is 0 Å². The third kappa shape index (κ3) is 6.68. The topological polar surface area (TPSA) is 140 Å². The second-order valence-electron chi connectivity index (χ2n) is 5.19. The fourth-order valence-corrected chi connectivity index (χ4v) is 2.04. The highest BCUT2D eigenvalue weighted by Gasteiger charge is 2.38. The summed E-state index contributed by atoms with van der Waals surface area (Å²) >= 11 is 0. The van der Waals surface area contributed by atoms with Crippen molar-refractivity contribution in [2.75, 3.05) is 19.5 Å². The number of fused-ring (bicyclic) bond motifs is 1. The zero-order chi connectivity index (χ0) is 22.2. The summed E-state index contributed by atoms with van der Waals surface area (Å²) in [5, 5.41) is 14.6. The van der Waals surface area contributed by atoms with Crippen molar-refractivity contribution in [3.8, 4) is 0 Å². The van der Waals surface area contributed by atoms with Gasteiger partial charge in [0.25, 0.3) is 0 Å².